The van der Waals surface area contributed by atoms with Crippen molar-refractivity contribution in [2.24, 2.45) is 17.3 Å². The number of hydrogen-bond donors (Lipinski definition) is 7. The fourth-order valence-electron chi connectivity index (χ4n) is 11.0. The molecule has 3 aliphatic carbocycles. The summed E-state index contributed by atoms with van der Waals surface area (Å²) in [6, 6.07) is 59.5. The van der Waals surface area contributed by atoms with Crippen molar-refractivity contribution in [3.8, 4) is 0 Å². The third-order valence-corrected chi connectivity index (χ3v) is 16.5. The number of halogens is 5. The smallest absolute Gasteiger partial charge is 0.0485 e. The van der Waals surface area contributed by atoms with Crippen molar-refractivity contribution in [3.05, 3.63) is 238 Å². The van der Waals surface area contributed by atoms with Crippen LogP contribution in [0.4, 0.5) is 5.69 Å². The maximum Gasteiger partial charge on any atom is 0.0485 e. The highest BCUT2D eigenvalue weighted by atomic mass is 79.9. The van der Waals surface area contributed by atoms with Crippen molar-refractivity contribution in [3.63, 3.8) is 0 Å². The molecule has 0 spiro atoms. The van der Waals surface area contributed by atoms with Gasteiger partial charge < -0.3 is 31.8 Å². The van der Waals surface area contributed by atoms with Gasteiger partial charge in [0, 0.05) is 85.5 Å². The van der Waals surface area contributed by atoms with Gasteiger partial charge in [-0.3, -0.25) is 5.84 Å². The molecule has 368 valence electrons. The molecular formula is C60H58Br4ClN7. The van der Waals surface area contributed by atoms with Crippen molar-refractivity contribution >= 4 is 115 Å². The Kier molecular flexibility index (Phi) is 17.0. The van der Waals surface area contributed by atoms with Crippen LogP contribution in [-0.4, -0.2) is 15.0 Å². The topological polar surface area (TPSA) is 137 Å². The summed E-state index contributed by atoms with van der Waals surface area (Å²) in [6.07, 6.45) is 7.67. The van der Waals surface area contributed by atoms with E-state index in [9.17, 15) is 0 Å². The molecule has 0 radical (unpaired) electrons. The molecule has 0 saturated heterocycles. The number of nitrogens with two attached hydrogens (primary N) is 3. The van der Waals surface area contributed by atoms with Crippen molar-refractivity contribution < 1.29 is 0 Å². The van der Waals surface area contributed by atoms with Gasteiger partial charge in [-0.05, 0) is 175 Å². The van der Waals surface area contributed by atoms with Crippen LogP contribution in [0.5, 0.6) is 0 Å². The molecule has 10 aromatic rings. The Morgan fingerprint density at radius 1 is 0.431 bits per heavy atom. The number of hydrogen-bond acceptors (Lipinski definition) is 4. The van der Waals surface area contributed by atoms with E-state index in [0.717, 1.165) is 62.1 Å². The average Bonchev–Trinajstić information content (AvgIpc) is 4.09. The Morgan fingerprint density at radius 2 is 0.806 bits per heavy atom. The van der Waals surface area contributed by atoms with Gasteiger partial charge in [0.2, 0.25) is 0 Å². The molecule has 5 unspecified atom stereocenters. The van der Waals surface area contributed by atoms with Crippen molar-refractivity contribution in [1.29, 1.82) is 0 Å². The van der Waals surface area contributed by atoms with Gasteiger partial charge in [0.25, 0.3) is 0 Å². The van der Waals surface area contributed by atoms with Gasteiger partial charge in [0.1, 0.15) is 0 Å². The largest absolute Gasteiger partial charge is 0.358 e. The lowest BCUT2D eigenvalue weighted by atomic mass is 9.80. The minimum Gasteiger partial charge on any atom is -0.358 e. The molecule has 3 aromatic heterocycles. The lowest BCUT2D eigenvalue weighted by Crippen LogP contribution is -2.22. The molecule has 5 atom stereocenters. The summed E-state index contributed by atoms with van der Waals surface area (Å²) in [4.78, 5) is 10.6. The zero-order chi connectivity index (χ0) is 49.0. The number of H-pyrrole nitrogens is 3. The highest BCUT2D eigenvalue weighted by Gasteiger charge is 2.30. The van der Waals surface area contributed by atoms with Crippen LogP contribution >= 0.6 is 76.1 Å². The Morgan fingerprint density at radius 3 is 1.24 bits per heavy atom. The quantitative estimate of drug-likeness (QED) is 0.0697. The SMILES string of the molecule is Brc1ccc2[nH]c3c(c2c1)CC(c1ccccc1)CC3.Cl.NC1CC(c2ccccc2)Cc2c1[nH]c1ccc(Br)cc21.NC1CC(c2ccccc2)Cc2c1[nH]c1ccc(Br)cc21.NNc1ccc(Br)cc1. The van der Waals surface area contributed by atoms with E-state index in [0.29, 0.717) is 17.8 Å². The predicted octanol–water partition coefficient (Wildman–Crippen LogP) is 16.7. The van der Waals surface area contributed by atoms with Gasteiger partial charge in [-0.1, -0.05) is 155 Å². The summed E-state index contributed by atoms with van der Waals surface area (Å²) in [5.41, 5.74) is 32.4. The second kappa shape index (κ2) is 23.5. The van der Waals surface area contributed by atoms with Gasteiger partial charge in [-0.2, -0.15) is 0 Å². The molecule has 0 amide bonds. The maximum absolute atomic E-state index is 6.43. The number of fused-ring (bicyclic) bond motifs is 9. The lowest BCUT2D eigenvalue weighted by molar-refractivity contribution is 0.498. The summed E-state index contributed by atoms with van der Waals surface area (Å²) in [5.74, 6) is 6.80. The maximum atomic E-state index is 6.43. The molecule has 0 aliphatic heterocycles. The minimum atomic E-state index is 0. The molecule has 7 nitrogen and oxygen atoms in total. The number of hydrazine groups is 1. The number of aromatic amines is 3. The summed E-state index contributed by atoms with van der Waals surface area (Å²) >= 11 is 14.0. The van der Waals surface area contributed by atoms with Gasteiger partial charge in [0.05, 0.1) is 0 Å². The monoisotopic (exact) mass is 1230 g/mol. The first kappa shape index (κ1) is 51.9. The summed E-state index contributed by atoms with van der Waals surface area (Å²) < 4.78 is 4.45. The van der Waals surface area contributed by atoms with E-state index < -0.39 is 0 Å². The molecule has 13 rings (SSSR count). The predicted molar refractivity (Wildman–Crippen MR) is 317 cm³/mol. The van der Waals surface area contributed by atoms with E-state index in [1.54, 1.807) is 0 Å². The van der Waals surface area contributed by atoms with Crippen LogP contribution in [0.3, 0.4) is 0 Å². The van der Waals surface area contributed by atoms with Crippen LogP contribution < -0.4 is 22.7 Å². The summed E-state index contributed by atoms with van der Waals surface area (Å²) in [7, 11) is 0. The average molecular weight is 1230 g/mol. The van der Waals surface area contributed by atoms with Gasteiger partial charge in [-0.15, -0.1) is 12.4 Å². The Balaban J connectivity index is 0.000000122. The standard InChI is InChI=1S/2C18H17BrN2.C18H16BrN.C6H7BrN2.ClH/c2*19-13-6-7-17-14(10-13)15-8-12(9-16(20)18(15)21-17)11-4-2-1-3-5-11;19-14-7-9-18-16(11-14)15-10-13(6-8-17(15)20-18)12-4-2-1-3-5-12;7-5-1-3-6(9-8)4-2-5;/h2*1-7,10,12,16,21H,8-9,20H2;1-5,7,9,11,13,20H,6,8,10H2;1-4,9H,8H2;1H. The van der Waals surface area contributed by atoms with E-state index >= 15 is 0 Å². The van der Waals surface area contributed by atoms with Crippen molar-refractivity contribution in [1.82, 2.24) is 15.0 Å². The summed E-state index contributed by atoms with van der Waals surface area (Å²) in [5, 5.41) is 3.99. The number of nitrogens with one attached hydrogen (secondary N) is 4. The fourth-order valence-corrected chi connectivity index (χ4v) is 12.3. The first-order chi connectivity index (χ1) is 34.6. The van der Waals surface area contributed by atoms with E-state index in [4.69, 9.17) is 17.3 Å². The Labute approximate surface area is 461 Å². The van der Waals surface area contributed by atoms with Crippen LogP contribution in [0, 0.1) is 0 Å². The Hall–Kier alpha value is -4.95. The second-order valence-electron chi connectivity index (χ2n) is 19.0. The molecule has 3 aliphatic rings. The van der Waals surface area contributed by atoms with Crippen LogP contribution in [0.2, 0.25) is 0 Å². The van der Waals surface area contributed by atoms with Crippen LogP contribution in [-0.2, 0) is 25.7 Å². The summed E-state index contributed by atoms with van der Waals surface area (Å²) in [6.45, 7) is 0. The molecular weight excluding hydrogens is 1170 g/mol. The number of aromatic nitrogens is 3. The van der Waals surface area contributed by atoms with Crippen molar-refractivity contribution in [2.45, 2.75) is 74.8 Å². The highest BCUT2D eigenvalue weighted by Crippen LogP contribution is 2.43. The molecule has 7 aromatic carbocycles. The van der Waals surface area contributed by atoms with E-state index in [1.807, 2.05) is 24.3 Å². The third kappa shape index (κ3) is 11.7. The van der Waals surface area contributed by atoms with Crippen LogP contribution in [0.25, 0.3) is 32.7 Å². The minimum absolute atomic E-state index is 0. The molecule has 0 fully saturated rings. The third-order valence-electron chi connectivity index (χ3n) is 14.5. The number of rotatable bonds is 4. The van der Waals surface area contributed by atoms with E-state index in [1.165, 1.54) is 89.6 Å². The van der Waals surface area contributed by atoms with E-state index in [2.05, 4.69) is 230 Å². The van der Waals surface area contributed by atoms with Crippen molar-refractivity contribution in [2.75, 3.05) is 5.43 Å². The number of aryl methyl sites for hydroxylation is 1. The first-order valence-electron chi connectivity index (χ1n) is 24.4. The first-order valence-corrected chi connectivity index (χ1v) is 27.5. The van der Waals surface area contributed by atoms with Gasteiger partial charge >= 0.3 is 0 Å². The zero-order valence-corrected chi connectivity index (χ0v) is 46.8. The molecule has 72 heavy (non-hydrogen) atoms. The number of nitrogen functional groups attached to an aromatic ring is 1. The molecule has 12 heteroatoms. The molecule has 3 heterocycles. The van der Waals surface area contributed by atoms with E-state index in [-0.39, 0.29) is 24.5 Å². The zero-order valence-electron chi connectivity index (χ0n) is 39.7. The second-order valence-corrected chi connectivity index (χ2v) is 22.7. The van der Waals surface area contributed by atoms with Crippen LogP contribution in [0.1, 0.15) is 99.6 Å². The normalized spacial score (nSPS) is 18.7. The van der Waals surface area contributed by atoms with Gasteiger partial charge in [0.15, 0.2) is 0 Å². The molecule has 0 bridgehead atoms. The van der Waals surface area contributed by atoms with Gasteiger partial charge in [-0.25, -0.2) is 0 Å². The highest BCUT2D eigenvalue weighted by molar-refractivity contribution is 9.11. The Bertz CT molecular complexity index is 3260. The van der Waals surface area contributed by atoms with Crippen LogP contribution in [0.15, 0.2) is 188 Å². The molecule has 10 N–H and O–H groups in total. The molecule has 0 saturated carbocycles. The lowest BCUT2D eigenvalue weighted by Gasteiger charge is -2.27. The fraction of sp³-hybridized carbons (Fsp3) is 0.200. The number of anilines is 1. The number of benzene rings is 7.